The lowest BCUT2D eigenvalue weighted by Gasteiger charge is -2.30. The molecule has 0 saturated carbocycles. The fourth-order valence-corrected chi connectivity index (χ4v) is 7.41. The molecule has 1 saturated heterocycles. The summed E-state index contributed by atoms with van der Waals surface area (Å²) in [4.78, 5) is 26.8. The number of carbonyl (C=O) groups excluding carboxylic acids is 2. The molecule has 1 aliphatic heterocycles. The van der Waals surface area contributed by atoms with Crippen LogP contribution in [-0.2, 0) is 38.1 Å². The molecule has 10 heteroatoms. The zero-order valence-corrected chi connectivity index (χ0v) is 20.8. The summed E-state index contributed by atoms with van der Waals surface area (Å²) < 4.78 is 45.3. The Labute approximate surface area is 203 Å². The second-order valence-electron chi connectivity index (χ2n) is 8.68. The van der Waals surface area contributed by atoms with E-state index in [4.69, 9.17) is 4.74 Å². The summed E-state index contributed by atoms with van der Waals surface area (Å²) in [6.07, 6.45) is 4.57. The van der Waals surface area contributed by atoms with Crippen molar-refractivity contribution in [2.45, 2.75) is 51.2 Å². The molecule has 0 radical (unpaired) electrons. The van der Waals surface area contributed by atoms with Crippen LogP contribution >= 0.6 is 11.3 Å². The number of fused-ring (bicyclic) bond motifs is 1. The molecule has 2 aromatic rings. The molecule has 34 heavy (non-hydrogen) atoms. The number of aryl methyl sites for hydroxylation is 1. The minimum atomic E-state index is -3.56. The summed E-state index contributed by atoms with van der Waals surface area (Å²) in [5, 5.41) is 3.49. The van der Waals surface area contributed by atoms with E-state index in [0.717, 1.165) is 36.1 Å². The van der Waals surface area contributed by atoms with Crippen molar-refractivity contribution in [3.63, 3.8) is 0 Å². The molecule has 2 heterocycles. The van der Waals surface area contributed by atoms with Crippen LogP contribution in [0.1, 0.15) is 59.0 Å². The molecule has 7 nitrogen and oxygen atoms in total. The molecule has 2 aliphatic rings. The molecule has 1 aliphatic carbocycles. The minimum Gasteiger partial charge on any atom is -0.462 e. The Morgan fingerprint density at radius 1 is 1.15 bits per heavy atom. The number of hydrogen-bond donors (Lipinski definition) is 1. The maximum absolute atomic E-state index is 13.1. The normalized spacial score (nSPS) is 17.2. The first-order valence-electron chi connectivity index (χ1n) is 11.6. The van der Waals surface area contributed by atoms with Crippen LogP contribution in [-0.4, -0.2) is 44.3 Å². The van der Waals surface area contributed by atoms with Gasteiger partial charge in [0.1, 0.15) is 10.8 Å². The van der Waals surface area contributed by atoms with Crippen molar-refractivity contribution in [1.82, 2.24) is 4.31 Å². The van der Waals surface area contributed by atoms with Crippen LogP contribution in [0.2, 0.25) is 0 Å². The van der Waals surface area contributed by atoms with Crippen molar-refractivity contribution in [2.75, 3.05) is 25.0 Å². The Balaban J connectivity index is 1.40. The highest BCUT2D eigenvalue weighted by atomic mass is 32.2. The predicted molar refractivity (Wildman–Crippen MR) is 129 cm³/mol. The van der Waals surface area contributed by atoms with E-state index in [1.54, 1.807) is 6.92 Å². The summed E-state index contributed by atoms with van der Waals surface area (Å²) >= 11 is 1.45. The molecule has 1 aromatic carbocycles. The number of hydrogen-bond acceptors (Lipinski definition) is 6. The third kappa shape index (κ3) is 5.50. The number of carbonyl (C=O) groups is 2. The standard InChI is InChI=1S/C24H29FN2O5S2/c1-2-32-24(29)21-19-5-3-4-6-20(19)33-23(21)26-22(28)17-11-13-27(14-12-17)34(30,31)15-16-7-9-18(25)10-8-16/h7-10,17H,2-6,11-15H2,1H3,(H,26,28). The summed E-state index contributed by atoms with van der Waals surface area (Å²) in [6, 6.07) is 5.42. The number of thiophene rings is 1. The van der Waals surface area contributed by atoms with E-state index in [-0.39, 0.29) is 37.3 Å². The number of nitrogens with zero attached hydrogens (tertiary/aromatic N) is 1. The van der Waals surface area contributed by atoms with Crippen LogP contribution in [0.25, 0.3) is 0 Å². The maximum Gasteiger partial charge on any atom is 0.341 e. The molecular weight excluding hydrogens is 479 g/mol. The van der Waals surface area contributed by atoms with E-state index in [1.165, 1.54) is 39.9 Å². The SMILES string of the molecule is CCOC(=O)c1c(NC(=O)C2CCN(S(=O)(=O)Cc3ccc(F)cc3)CC2)sc2c1CCCC2. The van der Waals surface area contributed by atoms with Gasteiger partial charge in [0.2, 0.25) is 15.9 Å². The zero-order valence-electron chi connectivity index (χ0n) is 19.1. The van der Waals surface area contributed by atoms with E-state index in [2.05, 4.69) is 5.32 Å². The number of rotatable bonds is 7. The molecule has 0 spiro atoms. The second kappa shape index (κ2) is 10.5. The quantitative estimate of drug-likeness (QED) is 0.568. The fourth-order valence-electron chi connectivity index (χ4n) is 4.57. The van der Waals surface area contributed by atoms with Crippen molar-refractivity contribution in [3.05, 3.63) is 51.7 Å². The van der Waals surface area contributed by atoms with Crippen LogP contribution in [0.3, 0.4) is 0 Å². The van der Waals surface area contributed by atoms with Gasteiger partial charge in [-0.2, -0.15) is 0 Å². The van der Waals surface area contributed by atoms with Gasteiger partial charge in [-0.05, 0) is 68.7 Å². The van der Waals surface area contributed by atoms with Crippen LogP contribution < -0.4 is 5.32 Å². The fraction of sp³-hybridized carbons (Fsp3) is 0.500. The molecule has 1 N–H and O–H groups in total. The Bertz CT molecular complexity index is 1150. The molecule has 1 amide bonds. The molecule has 4 rings (SSSR count). The van der Waals surface area contributed by atoms with Gasteiger partial charge in [0, 0.05) is 23.9 Å². The maximum atomic E-state index is 13.1. The van der Waals surface area contributed by atoms with Crippen LogP contribution in [0, 0.1) is 11.7 Å². The van der Waals surface area contributed by atoms with Gasteiger partial charge in [-0.3, -0.25) is 4.79 Å². The van der Waals surface area contributed by atoms with Gasteiger partial charge in [0.25, 0.3) is 0 Å². The topological polar surface area (TPSA) is 92.8 Å². The average Bonchev–Trinajstić information content (AvgIpc) is 3.18. The zero-order chi connectivity index (χ0) is 24.3. The number of piperidine rings is 1. The van der Waals surface area contributed by atoms with Gasteiger partial charge < -0.3 is 10.1 Å². The lowest BCUT2D eigenvalue weighted by molar-refractivity contribution is -0.120. The van der Waals surface area contributed by atoms with E-state index in [1.807, 2.05) is 0 Å². The van der Waals surface area contributed by atoms with Crippen molar-refractivity contribution >= 4 is 38.2 Å². The van der Waals surface area contributed by atoms with Crippen LogP contribution in [0.4, 0.5) is 9.39 Å². The first-order chi connectivity index (χ1) is 16.3. The van der Waals surface area contributed by atoms with Gasteiger partial charge >= 0.3 is 5.97 Å². The first-order valence-corrected chi connectivity index (χ1v) is 14.1. The highest BCUT2D eigenvalue weighted by Gasteiger charge is 2.33. The molecule has 0 unspecified atom stereocenters. The average molecular weight is 509 g/mol. The number of benzene rings is 1. The van der Waals surface area contributed by atoms with Crippen molar-refractivity contribution < 1.29 is 27.1 Å². The molecule has 184 valence electrons. The first kappa shape index (κ1) is 24.8. The highest BCUT2D eigenvalue weighted by Crippen LogP contribution is 2.39. The number of amides is 1. The van der Waals surface area contributed by atoms with Gasteiger partial charge in [0.05, 0.1) is 17.9 Å². The molecule has 1 aromatic heterocycles. The highest BCUT2D eigenvalue weighted by molar-refractivity contribution is 7.88. The Hall–Kier alpha value is -2.30. The number of anilines is 1. The van der Waals surface area contributed by atoms with Gasteiger partial charge in [-0.1, -0.05) is 12.1 Å². The van der Waals surface area contributed by atoms with Crippen molar-refractivity contribution in [2.24, 2.45) is 5.92 Å². The molecule has 0 bridgehead atoms. The Morgan fingerprint density at radius 3 is 2.50 bits per heavy atom. The van der Waals surface area contributed by atoms with E-state index < -0.39 is 21.8 Å². The van der Waals surface area contributed by atoms with Crippen LogP contribution in [0.15, 0.2) is 24.3 Å². The number of ether oxygens (including phenoxy) is 1. The lowest BCUT2D eigenvalue weighted by atomic mass is 9.95. The summed E-state index contributed by atoms with van der Waals surface area (Å²) in [5.74, 6) is -1.55. The van der Waals surface area contributed by atoms with Crippen LogP contribution in [0.5, 0.6) is 0 Å². The minimum absolute atomic E-state index is 0.195. The second-order valence-corrected chi connectivity index (χ2v) is 11.8. The number of esters is 1. The molecule has 1 fully saturated rings. The third-order valence-electron chi connectivity index (χ3n) is 6.37. The monoisotopic (exact) mass is 508 g/mol. The van der Waals surface area contributed by atoms with Gasteiger partial charge in [-0.15, -0.1) is 11.3 Å². The van der Waals surface area contributed by atoms with Gasteiger partial charge in [0.15, 0.2) is 0 Å². The lowest BCUT2D eigenvalue weighted by Crippen LogP contribution is -2.41. The Kier molecular flexibility index (Phi) is 7.69. The van der Waals surface area contributed by atoms with Crippen molar-refractivity contribution in [1.29, 1.82) is 0 Å². The number of halogens is 1. The summed E-state index contributed by atoms with van der Waals surface area (Å²) in [6.45, 7) is 2.51. The predicted octanol–water partition coefficient (Wildman–Crippen LogP) is 4.12. The summed E-state index contributed by atoms with van der Waals surface area (Å²) in [7, 11) is -3.56. The van der Waals surface area contributed by atoms with Gasteiger partial charge in [-0.25, -0.2) is 21.9 Å². The van der Waals surface area contributed by atoms with Crippen molar-refractivity contribution in [3.8, 4) is 0 Å². The van der Waals surface area contributed by atoms with E-state index in [0.29, 0.717) is 29.0 Å². The van der Waals surface area contributed by atoms with E-state index in [9.17, 15) is 22.4 Å². The number of sulfonamides is 1. The molecule has 0 atom stereocenters. The molecular formula is C24H29FN2O5S2. The largest absolute Gasteiger partial charge is 0.462 e. The third-order valence-corrected chi connectivity index (χ3v) is 9.43. The Morgan fingerprint density at radius 2 is 1.82 bits per heavy atom. The number of nitrogens with one attached hydrogen (secondary N) is 1. The smallest absolute Gasteiger partial charge is 0.341 e. The van der Waals surface area contributed by atoms with E-state index >= 15 is 0 Å². The summed E-state index contributed by atoms with van der Waals surface area (Å²) in [5.41, 5.74) is 2.00.